The summed E-state index contributed by atoms with van der Waals surface area (Å²) in [7, 11) is -3.77. The van der Waals surface area contributed by atoms with Crippen LogP contribution < -0.4 is 4.72 Å². The number of aromatic nitrogens is 1. The third kappa shape index (κ3) is 4.01. The fraction of sp³-hybridized carbons (Fsp3) is 0.412. The van der Waals surface area contributed by atoms with Gasteiger partial charge in [-0.2, -0.15) is 0 Å². The van der Waals surface area contributed by atoms with E-state index >= 15 is 0 Å². The highest BCUT2D eigenvalue weighted by Gasteiger charge is 2.22. The van der Waals surface area contributed by atoms with Gasteiger partial charge in [0.05, 0.1) is 4.90 Å². The predicted octanol–water partition coefficient (Wildman–Crippen LogP) is 2.66. The third-order valence-corrected chi connectivity index (χ3v) is 5.72. The second-order valence-electron chi connectivity index (χ2n) is 6.43. The van der Waals surface area contributed by atoms with Crippen molar-refractivity contribution < 1.29 is 17.7 Å². The molecule has 25 heavy (non-hydrogen) atoms. The Hall–Kier alpha value is -2.35. The van der Waals surface area contributed by atoms with Gasteiger partial charge in [0.15, 0.2) is 5.82 Å². The summed E-state index contributed by atoms with van der Waals surface area (Å²) >= 11 is 0. The molecule has 1 aromatic heterocycles. The van der Waals surface area contributed by atoms with Crippen molar-refractivity contribution >= 4 is 21.7 Å². The molecule has 1 fully saturated rings. The van der Waals surface area contributed by atoms with E-state index in [9.17, 15) is 13.2 Å². The normalized spacial score (nSPS) is 16.0. The van der Waals surface area contributed by atoms with Crippen LogP contribution in [-0.2, 0) is 10.0 Å². The molecule has 1 N–H and O–H groups in total. The molecule has 8 heteroatoms. The van der Waals surface area contributed by atoms with Crippen LogP contribution in [-0.4, -0.2) is 37.5 Å². The molecule has 134 valence electrons. The van der Waals surface area contributed by atoms with E-state index in [0.717, 1.165) is 25.9 Å². The highest BCUT2D eigenvalue weighted by molar-refractivity contribution is 7.92. The number of carbonyl (C=O) groups is 1. The lowest BCUT2D eigenvalue weighted by Crippen LogP contribution is -2.37. The van der Waals surface area contributed by atoms with E-state index in [1.807, 2.05) is 4.90 Å². The minimum Gasteiger partial charge on any atom is -0.360 e. The Morgan fingerprint density at radius 3 is 2.44 bits per heavy atom. The highest BCUT2D eigenvalue weighted by atomic mass is 32.2. The molecule has 0 unspecified atom stereocenters. The number of benzene rings is 1. The van der Waals surface area contributed by atoms with Gasteiger partial charge in [0, 0.05) is 24.7 Å². The van der Waals surface area contributed by atoms with E-state index in [4.69, 9.17) is 4.52 Å². The zero-order valence-electron chi connectivity index (χ0n) is 14.2. The molecule has 2 heterocycles. The maximum absolute atomic E-state index is 12.5. The van der Waals surface area contributed by atoms with Crippen LogP contribution in [0, 0.1) is 12.8 Å². The predicted molar refractivity (Wildman–Crippen MR) is 92.8 cm³/mol. The van der Waals surface area contributed by atoms with Gasteiger partial charge in [-0.3, -0.25) is 9.52 Å². The van der Waals surface area contributed by atoms with Crippen LogP contribution in [0.3, 0.4) is 0 Å². The molecule has 0 aliphatic carbocycles. The quantitative estimate of drug-likeness (QED) is 0.901. The number of hydrogen-bond donors (Lipinski definition) is 1. The number of nitrogens with one attached hydrogen (secondary N) is 1. The largest absolute Gasteiger partial charge is 0.360 e. The fourth-order valence-electron chi connectivity index (χ4n) is 2.78. The molecular formula is C17H21N3O4S. The Labute approximate surface area is 147 Å². The number of aryl methyl sites for hydroxylation is 1. The van der Waals surface area contributed by atoms with Crippen molar-refractivity contribution in [1.82, 2.24) is 10.1 Å². The van der Waals surface area contributed by atoms with Gasteiger partial charge in [-0.05, 0) is 49.9 Å². The monoisotopic (exact) mass is 363 g/mol. The van der Waals surface area contributed by atoms with Crippen LogP contribution in [0.1, 0.15) is 35.9 Å². The van der Waals surface area contributed by atoms with E-state index < -0.39 is 10.0 Å². The lowest BCUT2D eigenvalue weighted by Gasteiger charge is -2.30. The van der Waals surface area contributed by atoms with Gasteiger partial charge >= 0.3 is 0 Å². The summed E-state index contributed by atoms with van der Waals surface area (Å²) < 4.78 is 31.9. The Balaban J connectivity index is 1.72. The van der Waals surface area contributed by atoms with Crippen molar-refractivity contribution in [2.75, 3.05) is 17.8 Å². The topological polar surface area (TPSA) is 92.5 Å². The van der Waals surface area contributed by atoms with Crippen molar-refractivity contribution in [3.8, 4) is 0 Å². The van der Waals surface area contributed by atoms with Crippen LogP contribution in [0.2, 0.25) is 0 Å². The number of likely N-dealkylation sites (tertiary alicyclic amines) is 1. The minimum absolute atomic E-state index is 0.0593. The van der Waals surface area contributed by atoms with E-state index in [1.165, 1.54) is 18.2 Å². The molecule has 1 amide bonds. The lowest BCUT2D eigenvalue weighted by molar-refractivity contribution is 0.0697. The van der Waals surface area contributed by atoms with Crippen molar-refractivity contribution in [3.63, 3.8) is 0 Å². The molecule has 1 saturated heterocycles. The first-order valence-electron chi connectivity index (χ1n) is 8.20. The molecule has 0 bridgehead atoms. The van der Waals surface area contributed by atoms with Crippen molar-refractivity contribution in [2.45, 2.75) is 31.6 Å². The molecule has 1 aliphatic rings. The zero-order chi connectivity index (χ0) is 18.0. The average Bonchev–Trinajstić information content (AvgIpc) is 2.99. The van der Waals surface area contributed by atoms with E-state index in [0.29, 0.717) is 17.2 Å². The SMILES string of the molecule is Cc1cc(NS(=O)(=O)c2ccc(C(=O)N3CCC(C)CC3)cc2)no1. The van der Waals surface area contributed by atoms with E-state index in [-0.39, 0.29) is 16.6 Å². The van der Waals surface area contributed by atoms with Crippen molar-refractivity contribution in [3.05, 3.63) is 41.7 Å². The first-order valence-corrected chi connectivity index (χ1v) is 9.69. The summed E-state index contributed by atoms with van der Waals surface area (Å²) in [4.78, 5) is 14.4. The Kier molecular flexibility index (Phi) is 4.80. The molecule has 0 spiro atoms. The van der Waals surface area contributed by atoms with Gasteiger partial charge in [-0.15, -0.1) is 0 Å². The zero-order valence-corrected chi connectivity index (χ0v) is 15.0. The maximum atomic E-state index is 12.5. The Morgan fingerprint density at radius 2 is 1.88 bits per heavy atom. The van der Waals surface area contributed by atoms with Gasteiger partial charge in [0.1, 0.15) is 5.76 Å². The number of hydrogen-bond acceptors (Lipinski definition) is 5. The molecular weight excluding hydrogens is 342 g/mol. The Bertz CT molecular complexity index is 850. The number of piperidine rings is 1. The summed E-state index contributed by atoms with van der Waals surface area (Å²) in [6, 6.07) is 7.43. The standard InChI is InChI=1S/C17H21N3O4S/c1-12-7-9-20(10-8-12)17(21)14-3-5-15(6-4-14)25(22,23)19-16-11-13(2)24-18-16/h3-6,11-12H,7-10H2,1-2H3,(H,18,19). The highest BCUT2D eigenvalue weighted by Crippen LogP contribution is 2.20. The number of anilines is 1. The van der Waals surface area contributed by atoms with Gasteiger partial charge in [0.2, 0.25) is 0 Å². The minimum atomic E-state index is -3.77. The van der Waals surface area contributed by atoms with Gasteiger partial charge in [-0.1, -0.05) is 12.1 Å². The first kappa shape index (κ1) is 17.5. The fourth-order valence-corrected chi connectivity index (χ4v) is 3.77. The lowest BCUT2D eigenvalue weighted by atomic mass is 9.98. The number of carbonyl (C=O) groups excluding carboxylic acids is 1. The summed E-state index contributed by atoms with van der Waals surface area (Å²) in [5, 5.41) is 3.61. The summed E-state index contributed by atoms with van der Waals surface area (Å²) in [6.45, 7) is 5.34. The molecule has 0 saturated carbocycles. The number of amides is 1. The molecule has 3 rings (SSSR count). The number of sulfonamides is 1. The smallest absolute Gasteiger partial charge is 0.263 e. The maximum Gasteiger partial charge on any atom is 0.263 e. The summed E-state index contributed by atoms with van der Waals surface area (Å²) in [6.07, 6.45) is 2.00. The second kappa shape index (κ2) is 6.87. The van der Waals surface area contributed by atoms with Crippen LogP contribution in [0.5, 0.6) is 0 Å². The van der Waals surface area contributed by atoms with Crippen molar-refractivity contribution in [1.29, 1.82) is 0 Å². The molecule has 0 atom stereocenters. The third-order valence-electron chi connectivity index (χ3n) is 4.35. The molecule has 1 aromatic carbocycles. The van der Waals surface area contributed by atoms with E-state index in [2.05, 4.69) is 16.8 Å². The summed E-state index contributed by atoms with van der Waals surface area (Å²) in [5.74, 6) is 1.22. The molecule has 7 nitrogen and oxygen atoms in total. The van der Waals surface area contributed by atoms with Gasteiger partial charge in [-0.25, -0.2) is 8.42 Å². The van der Waals surface area contributed by atoms with Crippen LogP contribution in [0.25, 0.3) is 0 Å². The van der Waals surface area contributed by atoms with Crippen LogP contribution in [0.15, 0.2) is 39.8 Å². The Morgan fingerprint density at radius 1 is 1.24 bits per heavy atom. The molecule has 0 radical (unpaired) electrons. The number of rotatable bonds is 4. The molecule has 1 aliphatic heterocycles. The van der Waals surface area contributed by atoms with E-state index in [1.54, 1.807) is 19.1 Å². The van der Waals surface area contributed by atoms with Crippen molar-refractivity contribution in [2.24, 2.45) is 5.92 Å². The van der Waals surface area contributed by atoms with Gasteiger partial charge in [0.25, 0.3) is 15.9 Å². The first-order chi connectivity index (χ1) is 11.8. The van der Waals surface area contributed by atoms with Crippen LogP contribution in [0.4, 0.5) is 5.82 Å². The molecule has 2 aromatic rings. The summed E-state index contributed by atoms with van der Waals surface area (Å²) in [5.41, 5.74) is 0.491. The van der Waals surface area contributed by atoms with Gasteiger partial charge < -0.3 is 9.42 Å². The second-order valence-corrected chi connectivity index (χ2v) is 8.11. The number of nitrogens with zero attached hydrogens (tertiary/aromatic N) is 2. The average molecular weight is 363 g/mol. The van der Waals surface area contributed by atoms with Crippen LogP contribution >= 0.6 is 0 Å².